The van der Waals surface area contributed by atoms with Gasteiger partial charge in [-0.05, 0) is 17.7 Å². The van der Waals surface area contributed by atoms with Crippen LogP contribution < -0.4 is 15.6 Å². The molecule has 0 atom stereocenters. The van der Waals surface area contributed by atoms with Gasteiger partial charge in [-0.25, -0.2) is 0 Å². The van der Waals surface area contributed by atoms with Gasteiger partial charge in [-0.15, -0.1) is 0 Å². The smallest absolute Gasteiger partial charge is 0.258 e. The molecule has 0 unspecified atom stereocenters. The van der Waals surface area contributed by atoms with Crippen LogP contribution in [0.1, 0.15) is 5.56 Å². The number of H-pyrrole nitrogens is 1. The highest BCUT2D eigenvalue weighted by Gasteiger charge is 2.06. The van der Waals surface area contributed by atoms with Gasteiger partial charge in [0.25, 0.3) is 5.91 Å². The number of hydrogen-bond donors (Lipinski definition) is 2. The number of para-hydroxylation sites is 1. The van der Waals surface area contributed by atoms with Crippen molar-refractivity contribution in [3.63, 3.8) is 0 Å². The molecule has 0 aliphatic heterocycles. The van der Waals surface area contributed by atoms with Crippen LogP contribution in [0.25, 0.3) is 10.9 Å². The monoisotopic (exact) mass is 308 g/mol. The fourth-order valence-corrected chi connectivity index (χ4v) is 2.26. The third-order valence-electron chi connectivity index (χ3n) is 3.41. The zero-order chi connectivity index (χ0) is 16.1. The molecule has 0 saturated carbocycles. The molecule has 0 bridgehead atoms. The number of amides is 1. The summed E-state index contributed by atoms with van der Waals surface area (Å²) in [5, 5.41) is 3.65. The minimum Gasteiger partial charge on any atom is -0.482 e. The number of hydrogen-bond acceptors (Lipinski definition) is 3. The van der Waals surface area contributed by atoms with Crippen molar-refractivity contribution in [2.75, 3.05) is 6.61 Å². The SMILES string of the molecule is O=C(COc1cccc2ccc(=O)[nH]c12)NCc1ccccc1. The number of fused-ring (bicyclic) bond motifs is 1. The molecule has 2 N–H and O–H groups in total. The van der Waals surface area contributed by atoms with Crippen molar-refractivity contribution in [2.45, 2.75) is 6.54 Å². The minimum absolute atomic E-state index is 0.108. The first-order valence-corrected chi connectivity index (χ1v) is 7.28. The van der Waals surface area contributed by atoms with Gasteiger partial charge in [-0.3, -0.25) is 9.59 Å². The van der Waals surface area contributed by atoms with E-state index in [1.807, 2.05) is 42.5 Å². The molecule has 0 radical (unpaired) electrons. The summed E-state index contributed by atoms with van der Waals surface area (Å²) in [4.78, 5) is 26.1. The van der Waals surface area contributed by atoms with Crippen LogP contribution in [0.15, 0.2) is 65.5 Å². The number of nitrogens with one attached hydrogen (secondary N) is 2. The van der Waals surface area contributed by atoms with Crippen LogP contribution in [0.3, 0.4) is 0 Å². The molecule has 0 aliphatic carbocycles. The van der Waals surface area contributed by atoms with Crippen LogP contribution in [0.2, 0.25) is 0 Å². The topological polar surface area (TPSA) is 71.2 Å². The second-order valence-corrected chi connectivity index (χ2v) is 5.09. The number of pyridine rings is 1. The van der Waals surface area contributed by atoms with Crippen LogP contribution >= 0.6 is 0 Å². The predicted molar refractivity (Wildman–Crippen MR) is 88.4 cm³/mol. The molecule has 23 heavy (non-hydrogen) atoms. The maximum atomic E-state index is 11.9. The largest absolute Gasteiger partial charge is 0.482 e. The maximum absolute atomic E-state index is 11.9. The lowest BCUT2D eigenvalue weighted by atomic mass is 10.2. The summed E-state index contributed by atoms with van der Waals surface area (Å²) >= 11 is 0. The van der Waals surface area contributed by atoms with E-state index in [9.17, 15) is 9.59 Å². The van der Waals surface area contributed by atoms with Crippen LogP contribution in [0, 0.1) is 0 Å². The molecule has 5 nitrogen and oxygen atoms in total. The average Bonchev–Trinajstić information content (AvgIpc) is 2.59. The molecule has 3 aromatic rings. The number of ether oxygens (including phenoxy) is 1. The molecule has 0 spiro atoms. The van der Waals surface area contributed by atoms with E-state index in [1.54, 1.807) is 12.1 Å². The van der Waals surface area contributed by atoms with Crippen molar-refractivity contribution in [1.29, 1.82) is 0 Å². The molecule has 1 heterocycles. The average molecular weight is 308 g/mol. The van der Waals surface area contributed by atoms with Crippen molar-refractivity contribution >= 4 is 16.8 Å². The Morgan fingerprint density at radius 3 is 2.65 bits per heavy atom. The maximum Gasteiger partial charge on any atom is 0.258 e. The molecule has 116 valence electrons. The molecule has 2 aromatic carbocycles. The lowest BCUT2D eigenvalue weighted by Crippen LogP contribution is -2.28. The molecule has 3 rings (SSSR count). The zero-order valence-electron chi connectivity index (χ0n) is 12.4. The van der Waals surface area contributed by atoms with Gasteiger partial charge < -0.3 is 15.0 Å². The summed E-state index contributed by atoms with van der Waals surface area (Å²) in [7, 11) is 0. The number of carbonyl (C=O) groups is 1. The van der Waals surface area contributed by atoms with Crippen LogP contribution in [-0.2, 0) is 11.3 Å². The molecular formula is C18H16N2O3. The summed E-state index contributed by atoms with van der Waals surface area (Å²) in [5.74, 6) is 0.263. The van der Waals surface area contributed by atoms with Crippen LogP contribution in [0.4, 0.5) is 0 Å². The van der Waals surface area contributed by atoms with Gasteiger partial charge in [-0.2, -0.15) is 0 Å². The van der Waals surface area contributed by atoms with Gasteiger partial charge in [0, 0.05) is 18.0 Å². The Kier molecular flexibility index (Phi) is 4.38. The molecule has 1 amide bonds. The fourth-order valence-electron chi connectivity index (χ4n) is 2.26. The molecule has 0 saturated heterocycles. The number of carbonyl (C=O) groups excluding carboxylic acids is 1. The van der Waals surface area contributed by atoms with Crippen molar-refractivity contribution in [1.82, 2.24) is 10.3 Å². The van der Waals surface area contributed by atoms with Crippen LogP contribution in [0.5, 0.6) is 5.75 Å². The highest BCUT2D eigenvalue weighted by Crippen LogP contribution is 2.21. The number of aromatic nitrogens is 1. The zero-order valence-corrected chi connectivity index (χ0v) is 12.4. The highest BCUT2D eigenvalue weighted by molar-refractivity contribution is 5.85. The van der Waals surface area contributed by atoms with E-state index >= 15 is 0 Å². The number of benzene rings is 2. The Hall–Kier alpha value is -3.08. The van der Waals surface area contributed by atoms with E-state index in [2.05, 4.69) is 10.3 Å². The summed E-state index contributed by atoms with van der Waals surface area (Å²) in [5.41, 5.74) is 1.41. The molecule has 0 fully saturated rings. The molecule has 0 aliphatic rings. The fraction of sp³-hybridized carbons (Fsp3) is 0.111. The van der Waals surface area contributed by atoms with E-state index in [0.717, 1.165) is 10.9 Å². The van der Waals surface area contributed by atoms with E-state index in [0.29, 0.717) is 17.8 Å². The first kappa shape index (κ1) is 14.8. The van der Waals surface area contributed by atoms with Gasteiger partial charge in [0.05, 0.1) is 5.52 Å². The van der Waals surface area contributed by atoms with Crippen LogP contribution in [-0.4, -0.2) is 17.5 Å². The Bertz CT molecular complexity index is 872. The summed E-state index contributed by atoms with van der Waals surface area (Å²) in [6.45, 7) is 0.346. The highest BCUT2D eigenvalue weighted by atomic mass is 16.5. The minimum atomic E-state index is -0.218. The Morgan fingerprint density at radius 1 is 1.00 bits per heavy atom. The second kappa shape index (κ2) is 6.79. The number of rotatable bonds is 5. The summed E-state index contributed by atoms with van der Waals surface area (Å²) in [6.07, 6.45) is 0. The quantitative estimate of drug-likeness (QED) is 0.759. The summed E-state index contributed by atoms with van der Waals surface area (Å²) in [6, 6.07) is 18.2. The van der Waals surface area contributed by atoms with Gasteiger partial charge in [0.2, 0.25) is 5.56 Å². The molecular weight excluding hydrogens is 292 g/mol. The van der Waals surface area contributed by atoms with Crippen molar-refractivity contribution in [2.24, 2.45) is 0 Å². The van der Waals surface area contributed by atoms with Gasteiger partial charge in [0.15, 0.2) is 6.61 Å². The van der Waals surface area contributed by atoms with Crippen molar-refractivity contribution < 1.29 is 9.53 Å². The lowest BCUT2D eigenvalue weighted by Gasteiger charge is -2.09. The van der Waals surface area contributed by atoms with Gasteiger partial charge in [-0.1, -0.05) is 42.5 Å². The van der Waals surface area contributed by atoms with E-state index in [1.165, 1.54) is 6.07 Å². The van der Waals surface area contributed by atoms with E-state index in [4.69, 9.17) is 4.74 Å². The van der Waals surface area contributed by atoms with Crippen molar-refractivity contribution in [3.8, 4) is 5.75 Å². The van der Waals surface area contributed by atoms with Crippen molar-refractivity contribution in [3.05, 3.63) is 76.6 Å². The van der Waals surface area contributed by atoms with E-state index in [-0.39, 0.29) is 18.1 Å². The molecule has 5 heteroatoms. The third-order valence-corrected chi connectivity index (χ3v) is 3.41. The summed E-state index contributed by atoms with van der Waals surface area (Å²) < 4.78 is 5.54. The lowest BCUT2D eigenvalue weighted by molar-refractivity contribution is -0.123. The Morgan fingerprint density at radius 2 is 1.83 bits per heavy atom. The predicted octanol–water partition coefficient (Wildman–Crippen LogP) is 2.22. The first-order chi connectivity index (χ1) is 11.2. The second-order valence-electron chi connectivity index (χ2n) is 5.09. The Labute approximate surface area is 132 Å². The van der Waals surface area contributed by atoms with Gasteiger partial charge >= 0.3 is 0 Å². The number of aromatic amines is 1. The standard InChI is InChI=1S/C18H16N2O3/c21-16-10-9-14-7-4-8-15(18(14)20-16)23-12-17(22)19-11-13-5-2-1-3-6-13/h1-10H,11-12H2,(H,19,22)(H,20,21). The molecule has 1 aromatic heterocycles. The first-order valence-electron chi connectivity index (χ1n) is 7.28. The Balaban J connectivity index is 1.63. The van der Waals surface area contributed by atoms with E-state index < -0.39 is 0 Å². The van der Waals surface area contributed by atoms with Gasteiger partial charge in [0.1, 0.15) is 5.75 Å². The normalized spacial score (nSPS) is 10.4. The third kappa shape index (κ3) is 3.77.